The molecule has 0 spiro atoms. The van der Waals surface area contributed by atoms with Crippen LogP contribution < -0.4 is 10.4 Å². The zero-order chi connectivity index (χ0) is 21.0. The average Bonchev–Trinajstić information content (AvgIpc) is 3.08. The summed E-state index contributed by atoms with van der Waals surface area (Å²) in [5.41, 5.74) is 2.95. The van der Waals surface area contributed by atoms with Gasteiger partial charge in [0.1, 0.15) is 18.1 Å². The van der Waals surface area contributed by atoms with Gasteiger partial charge in [-0.1, -0.05) is 23.7 Å². The van der Waals surface area contributed by atoms with Gasteiger partial charge >= 0.3 is 5.63 Å². The number of sulfone groups is 1. The molecule has 5 rings (SSSR count). The van der Waals surface area contributed by atoms with Crippen molar-refractivity contribution in [2.24, 2.45) is 0 Å². The van der Waals surface area contributed by atoms with E-state index in [9.17, 15) is 13.2 Å². The van der Waals surface area contributed by atoms with Crippen LogP contribution in [0.1, 0.15) is 17.5 Å². The van der Waals surface area contributed by atoms with E-state index in [2.05, 4.69) is 0 Å². The Morgan fingerprint density at radius 3 is 2.60 bits per heavy atom. The standard InChI is InChI=1S/C22H20ClNO5S/c1-13-17-6-7-19-18(10-24(12-28-19)16-8-9-30(26,27)11-16)21(17)29-22(25)20(13)14-2-4-15(23)5-3-14/h2-7,16H,8-12H2,1H3/t16-/m0/s1. The Kier molecular flexibility index (Phi) is 4.65. The third kappa shape index (κ3) is 3.31. The molecule has 8 heteroatoms. The van der Waals surface area contributed by atoms with Crippen LogP contribution in [-0.2, 0) is 16.4 Å². The van der Waals surface area contributed by atoms with E-state index in [1.165, 1.54) is 0 Å². The maximum absolute atomic E-state index is 12.9. The van der Waals surface area contributed by atoms with Crippen molar-refractivity contribution < 1.29 is 17.6 Å². The van der Waals surface area contributed by atoms with Gasteiger partial charge in [0.2, 0.25) is 0 Å². The van der Waals surface area contributed by atoms with Crippen molar-refractivity contribution in [2.45, 2.75) is 25.9 Å². The molecule has 30 heavy (non-hydrogen) atoms. The number of rotatable bonds is 2. The number of fused-ring (bicyclic) bond motifs is 3. The molecule has 1 saturated heterocycles. The second kappa shape index (κ2) is 7.11. The fourth-order valence-corrected chi connectivity index (χ4v) is 6.28. The predicted octanol–water partition coefficient (Wildman–Crippen LogP) is 3.76. The van der Waals surface area contributed by atoms with Crippen molar-refractivity contribution in [1.82, 2.24) is 4.90 Å². The van der Waals surface area contributed by atoms with Gasteiger partial charge in [-0.3, -0.25) is 4.90 Å². The molecular formula is C22H20ClNO5S. The minimum absolute atomic E-state index is 0.0837. The van der Waals surface area contributed by atoms with Gasteiger partial charge < -0.3 is 9.15 Å². The highest BCUT2D eigenvalue weighted by Crippen LogP contribution is 2.36. The Morgan fingerprint density at radius 2 is 1.90 bits per heavy atom. The van der Waals surface area contributed by atoms with Crippen molar-refractivity contribution in [3.8, 4) is 16.9 Å². The van der Waals surface area contributed by atoms with Crippen LogP contribution in [0.2, 0.25) is 5.02 Å². The highest BCUT2D eigenvalue weighted by atomic mass is 35.5. The minimum atomic E-state index is -3.00. The Labute approximate surface area is 178 Å². The molecule has 0 aliphatic carbocycles. The second-order valence-corrected chi connectivity index (χ2v) is 10.6. The van der Waals surface area contributed by atoms with Crippen LogP contribution in [0.4, 0.5) is 0 Å². The third-order valence-corrected chi connectivity index (χ3v) is 8.00. The van der Waals surface area contributed by atoms with E-state index in [1.54, 1.807) is 24.3 Å². The molecule has 1 aromatic heterocycles. The van der Waals surface area contributed by atoms with Gasteiger partial charge in [0.25, 0.3) is 0 Å². The minimum Gasteiger partial charge on any atom is -0.478 e. The molecule has 0 N–H and O–H groups in total. The number of aryl methyl sites for hydroxylation is 1. The molecule has 1 atom stereocenters. The van der Waals surface area contributed by atoms with Gasteiger partial charge in [-0.25, -0.2) is 13.2 Å². The smallest absolute Gasteiger partial charge is 0.344 e. The molecule has 156 valence electrons. The fourth-order valence-electron chi connectivity index (χ4n) is 4.39. The van der Waals surface area contributed by atoms with Crippen LogP contribution in [0.25, 0.3) is 22.1 Å². The normalized spacial score (nSPS) is 20.8. The van der Waals surface area contributed by atoms with E-state index in [1.807, 2.05) is 24.0 Å². The summed E-state index contributed by atoms with van der Waals surface area (Å²) >= 11 is 5.98. The Balaban J connectivity index is 1.60. The summed E-state index contributed by atoms with van der Waals surface area (Å²) in [7, 11) is -3.00. The number of benzene rings is 2. The summed E-state index contributed by atoms with van der Waals surface area (Å²) in [6.45, 7) is 2.71. The van der Waals surface area contributed by atoms with Crippen molar-refractivity contribution in [3.05, 3.63) is 63.0 Å². The van der Waals surface area contributed by atoms with Crippen LogP contribution in [0.5, 0.6) is 5.75 Å². The van der Waals surface area contributed by atoms with Gasteiger partial charge in [-0.15, -0.1) is 0 Å². The second-order valence-electron chi connectivity index (χ2n) is 7.89. The number of hydrogen-bond donors (Lipinski definition) is 0. The molecular weight excluding hydrogens is 426 g/mol. The molecule has 2 aromatic carbocycles. The Bertz CT molecular complexity index is 1310. The van der Waals surface area contributed by atoms with Gasteiger partial charge in [0.05, 0.1) is 22.6 Å². The monoisotopic (exact) mass is 445 g/mol. The van der Waals surface area contributed by atoms with Crippen molar-refractivity contribution in [2.75, 3.05) is 18.2 Å². The van der Waals surface area contributed by atoms with Crippen LogP contribution in [0.3, 0.4) is 0 Å². The summed E-state index contributed by atoms with van der Waals surface area (Å²) in [5, 5.41) is 1.43. The van der Waals surface area contributed by atoms with Crippen LogP contribution in [0.15, 0.2) is 45.6 Å². The maximum Gasteiger partial charge on any atom is 0.344 e. The molecule has 2 aliphatic rings. The predicted molar refractivity (Wildman–Crippen MR) is 116 cm³/mol. The average molecular weight is 446 g/mol. The molecule has 6 nitrogen and oxygen atoms in total. The molecule has 1 fully saturated rings. The summed E-state index contributed by atoms with van der Waals surface area (Å²) < 4.78 is 35.5. The van der Waals surface area contributed by atoms with Crippen molar-refractivity contribution >= 4 is 32.4 Å². The number of nitrogens with zero attached hydrogens (tertiary/aromatic N) is 1. The summed E-state index contributed by atoms with van der Waals surface area (Å²) in [5.74, 6) is 1.01. The first kappa shape index (κ1) is 19.6. The van der Waals surface area contributed by atoms with E-state index in [0.29, 0.717) is 41.6 Å². The van der Waals surface area contributed by atoms with E-state index in [-0.39, 0.29) is 17.5 Å². The number of ether oxygens (including phenoxy) is 1. The molecule has 0 saturated carbocycles. The first-order valence-corrected chi connectivity index (χ1v) is 11.9. The summed E-state index contributed by atoms with van der Waals surface area (Å²) in [6.07, 6.45) is 0.593. The maximum atomic E-state index is 12.9. The zero-order valence-electron chi connectivity index (χ0n) is 16.4. The summed E-state index contributed by atoms with van der Waals surface area (Å²) in [6, 6.07) is 10.8. The number of halogens is 1. The lowest BCUT2D eigenvalue weighted by Gasteiger charge is -2.33. The molecule has 0 radical (unpaired) electrons. The van der Waals surface area contributed by atoms with Gasteiger partial charge in [-0.2, -0.15) is 0 Å². The van der Waals surface area contributed by atoms with E-state index in [4.69, 9.17) is 20.8 Å². The van der Waals surface area contributed by atoms with E-state index >= 15 is 0 Å². The molecule has 2 aliphatic heterocycles. The molecule has 0 amide bonds. The molecule has 0 bridgehead atoms. The summed E-state index contributed by atoms with van der Waals surface area (Å²) in [4.78, 5) is 14.9. The third-order valence-electron chi connectivity index (χ3n) is 6.00. The lowest BCUT2D eigenvalue weighted by Crippen LogP contribution is -2.41. The molecule has 3 heterocycles. The lowest BCUT2D eigenvalue weighted by molar-refractivity contribution is 0.0649. The molecule has 0 unspecified atom stereocenters. The van der Waals surface area contributed by atoms with Gasteiger partial charge in [-0.05, 0) is 48.7 Å². The first-order valence-electron chi connectivity index (χ1n) is 9.75. The highest BCUT2D eigenvalue weighted by Gasteiger charge is 2.35. The largest absolute Gasteiger partial charge is 0.478 e. The van der Waals surface area contributed by atoms with Crippen LogP contribution >= 0.6 is 11.6 Å². The fraction of sp³-hybridized carbons (Fsp3) is 0.318. The number of hydrogen-bond acceptors (Lipinski definition) is 6. The van der Waals surface area contributed by atoms with Crippen molar-refractivity contribution in [3.63, 3.8) is 0 Å². The van der Waals surface area contributed by atoms with Gasteiger partial charge in [0.15, 0.2) is 9.84 Å². The zero-order valence-corrected chi connectivity index (χ0v) is 17.9. The quantitative estimate of drug-likeness (QED) is 0.559. The molecule has 3 aromatic rings. The van der Waals surface area contributed by atoms with Gasteiger partial charge in [0, 0.05) is 23.0 Å². The SMILES string of the molecule is Cc1c(-c2ccc(Cl)cc2)c(=O)oc2c3c(ccc12)OCN([C@H]1CCS(=O)(=O)C1)C3. The Morgan fingerprint density at radius 1 is 1.13 bits per heavy atom. The topological polar surface area (TPSA) is 76.8 Å². The van der Waals surface area contributed by atoms with Crippen molar-refractivity contribution in [1.29, 1.82) is 0 Å². The lowest BCUT2D eigenvalue weighted by atomic mass is 9.97. The van der Waals surface area contributed by atoms with Crippen LogP contribution in [0, 0.1) is 6.92 Å². The van der Waals surface area contributed by atoms with E-state index < -0.39 is 15.5 Å². The first-order chi connectivity index (χ1) is 14.3. The van der Waals surface area contributed by atoms with E-state index in [0.717, 1.165) is 22.1 Å². The van der Waals surface area contributed by atoms with Crippen LogP contribution in [-0.4, -0.2) is 37.6 Å². The Hall–Kier alpha value is -2.35. The highest BCUT2D eigenvalue weighted by molar-refractivity contribution is 7.91.